The Labute approximate surface area is 172 Å². The predicted octanol–water partition coefficient (Wildman–Crippen LogP) is 3.38. The molecule has 1 fully saturated rings. The van der Waals surface area contributed by atoms with E-state index < -0.39 is 0 Å². The third-order valence-corrected chi connectivity index (χ3v) is 5.55. The van der Waals surface area contributed by atoms with Gasteiger partial charge < -0.3 is 15.1 Å². The van der Waals surface area contributed by atoms with Gasteiger partial charge in [-0.1, -0.05) is 37.3 Å². The van der Waals surface area contributed by atoms with Gasteiger partial charge in [0.15, 0.2) is 5.76 Å². The maximum absolute atomic E-state index is 12.3. The van der Waals surface area contributed by atoms with Gasteiger partial charge in [-0.15, -0.1) is 0 Å². The lowest BCUT2D eigenvalue weighted by Crippen LogP contribution is -2.42. The zero-order valence-electron chi connectivity index (χ0n) is 17.1. The second kappa shape index (κ2) is 10.8. The Bertz CT molecular complexity index is 753. The molecule has 1 aliphatic heterocycles. The predicted molar refractivity (Wildman–Crippen MR) is 112 cm³/mol. The lowest BCUT2D eigenvalue weighted by Gasteiger charge is -2.37. The summed E-state index contributed by atoms with van der Waals surface area (Å²) in [6, 6.07) is 13.9. The monoisotopic (exact) mass is 397 g/mol. The second-order valence-electron chi connectivity index (χ2n) is 7.79. The van der Waals surface area contributed by atoms with E-state index in [1.165, 1.54) is 24.7 Å². The first-order valence-electron chi connectivity index (χ1n) is 10.5. The highest BCUT2D eigenvalue weighted by Crippen LogP contribution is 2.26. The summed E-state index contributed by atoms with van der Waals surface area (Å²) in [5.74, 6) is 0.826. The molecule has 1 saturated heterocycles. The van der Waals surface area contributed by atoms with E-state index in [1.807, 2.05) is 6.07 Å². The van der Waals surface area contributed by atoms with E-state index in [1.54, 1.807) is 12.1 Å². The van der Waals surface area contributed by atoms with Gasteiger partial charge in [-0.05, 0) is 56.0 Å². The molecule has 2 aromatic rings. The average Bonchev–Trinajstić information content (AvgIpc) is 3.28. The third kappa shape index (κ3) is 6.46. The number of benzene rings is 1. The summed E-state index contributed by atoms with van der Waals surface area (Å²) >= 11 is 0. The van der Waals surface area contributed by atoms with Crippen molar-refractivity contribution in [2.45, 2.75) is 38.6 Å². The van der Waals surface area contributed by atoms with Crippen LogP contribution in [0.4, 0.5) is 0 Å². The summed E-state index contributed by atoms with van der Waals surface area (Å²) in [6.45, 7) is 5.49. The number of hydrogen-bond donors (Lipinski definition) is 2. The summed E-state index contributed by atoms with van der Waals surface area (Å²) in [7, 11) is 0. The van der Waals surface area contributed by atoms with E-state index >= 15 is 0 Å². The van der Waals surface area contributed by atoms with Crippen molar-refractivity contribution in [1.82, 2.24) is 15.5 Å². The normalized spacial score (nSPS) is 16.3. The zero-order valence-corrected chi connectivity index (χ0v) is 17.1. The van der Waals surface area contributed by atoms with Gasteiger partial charge in [0.2, 0.25) is 5.91 Å². The van der Waals surface area contributed by atoms with Gasteiger partial charge in [0.25, 0.3) is 5.91 Å². The van der Waals surface area contributed by atoms with E-state index in [4.69, 9.17) is 4.42 Å². The molecule has 2 amide bonds. The molecule has 1 aromatic carbocycles. The number of rotatable bonds is 9. The molecule has 0 saturated carbocycles. The number of nitrogens with zero attached hydrogens (tertiary/aromatic N) is 1. The molecule has 0 bridgehead atoms. The molecule has 2 heterocycles. The van der Waals surface area contributed by atoms with E-state index in [-0.39, 0.29) is 23.6 Å². The van der Waals surface area contributed by atoms with Gasteiger partial charge in [-0.2, -0.15) is 0 Å². The van der Waals surface area contributed by atoms with Crippen LogP contribution in [0.5, 0.6) is 0 Å². The topological polar surface area (TPSA) is 74.6 Å². The van der Waals surface area contributed by atoms with Crippen LogP contribution in [0, 0.1) is 5.92 Å². The van der Waals surface area contributed by atoms with E-state index in [0.29, 0.717) is 25.9 Å². The number of hydrogen-bond acceptors (Lipinski definition) is 4. The van der Waals surface area contributed by atoms with E-state index in [9.17, 15) is 9.59 Å². The smallest absolute Gasteiger partial charge is 0.286 e. The quantitative estimate of drug-likeness (QED) is 0.636. The number of carbonyl (C=O) groups is 2. The molecule has 29 heavy (non-hydrogen) atoms. The van der Waals surface area contributed by atoms with Crippen molar-refractivity contribution >= 4 is 11.8 Å². The molecule has 0 spiro atoms. The summed E-state index contributed by atoms with van der Waals surface area (Å²) in [5.41, 5.74) is 1.24. The van der Waals surface area contributed by atoms with Crippen LogP contribution in [0.3, 0.4) is 0 Å². The Morgan fingerprint density at radius 3 is 2.55 bits per heavy atom. The fraction of sp³-hybridized carbons (Fsp3) is 0.478. The van der Waals surface area contributed by atoms with Crippen LogP contribution in [-0.4, -0.2) is 42.9 Å². The van der Waals surface area contributed by atoms with Gasteiger partial charge in [-0.25, -0.2) is 0 Å². The summed E-state index contributed by atoms with van der Waals surface area (Å²) in [5, 5.41) is 5.86. The molecule has 0 aliphatic carbocycles. The fourth-order valence-corrected chi connectivity index (χ4v) is 3.72. The number of amides is 2. The van der Waals surface area contributed by atoms with Crippen molar-refractivity contribution in [3.05, 3.63) is 60.1 Å². The van der Waals surface area contributed by atoms with Crippen molar-refractivity contribution in [3.8, 4) is 0 Å². The Morgan fingerprint density at radius 1 is 1.10 bits per heavy atom. The fourth-order valence-electron chi connectivity index (χ4n) is 3.72. The molecule has 1 aliphatic rings. The molecule has 6 nitrogen and oxygen atoms in total. The minimum atomic E-state index is -0.251. The molecule has 1 unspecified atom stereocenters. The van der Waals surface area contributed by atoms with E-state index in [2.05, 4.69) is 46.7 Å². The molecule has 2 N–H and O–H groups in total. The Morgan fingerprint density at radius 2 is 1.86 bits per heavy atom. The SMILES string of the molecule is CC1CCN(C(CNC(=O)CCCNC(=O)c2ccco2)c2ccccc2)CC1. The maximum atomic E-state index is 12.3. The number of likely N-dealkylation sites (tertiary alicyclic amines) is 1. The van der Waals surface area contributed by atoms with Crippen LogP contribution >= 0.6 is 0 Å². The van der Waals surface area contributed by atoms with Crippen LogP contribution in [0.1, 0.15) is 54.8 Å². The van der Waals surface area contributed by atoms with Crippen LogP contribution < -0.4 is 10.6 Å². The number of furan rings is 1. The zero-order chi connectivity index (χ0) is 20.5. The van der Waals surface area contributed by atoms with Crippen LogP contribution in [0.15, 0.2) is 53.1 Å². The Hall–Kier alpha value is -2.60. The summed E-state index contributed by atoms with van der Waals surface area (Å²) in [4.78, 5) is 26.6. The van der Waals surface area contributed by atoms with Gasteiger partial charge in [-0.3, -0.25) is 14.5 Å². The average molecular weight is 398 g/mol. The van der Waals surface area contributed by atoms with Crippen LogP contribution in [0.2, 0.25) is 0 Å². The van der Waals surface area contributed by atoms with Gasteiger partial charge in [0, 0.05) is 19.5 Å². The first kappa shape index (κ1) is 21.1. The number of nitrogens with one attached hydrogen (secondary N) is 2. The van der Waals surface area contributed by atoms with Gasteiger partial charge >= 0.3 is 0 Å². The Balaban J connectivity index is 1.43. The van der Waals surface area contributed by atoms with Crippen molar-refractivity contribution < 1.29 is 14.0 Å². The van der Waals surface area contributed by atoms with Crippen molar-refractivity contribution in [1.29, 1.82) is 0 Å². The first-order chi connectivity index (χ1) is 14.1. The lowest BCUT2D eigenvalue weighted by molar-refractivity contribution is -0.121. The molecule has 156 valence electrons. The minimum absolute atomic E-state index is 0.0172. The minimum Gasteiger partial charge on any atom is -0.459 e. The third-order valence-electron chi connectivity index (χ3n) is 5.55. The lowest BCUT2D eigenvalue weighted by atomic mass is 9.95. The number of carbonyl (C=O) groups excluding carboxylic acids is 2. The molecule has 1 atom stereocenters. The Kier molecular flexibility index (Phi) is 7.87. The van der Waals surface area contributed by atoms with Gasteiger partial charge in [0.05, 0.1) is 12.3 Å². The van der Waals surface area contributed by atoms with Gasteiger partial charge in [0.1, 0.15) is 0 Å². The molecular weight excluding hydrogens is 366 g/mol. The molecule has 6 heteroatoms. The van der Waals surface area contributed by atoms with Crippen molar-refractivity contribution in [3.63, 3.8) is 0 Å². The van der Waals surface area contributed by atoms with Crippen molar-refractivity contribution in [2.75, 3.05) is 26.2 Å². The second-order valence-corrected chi connectivity index (χ2v) is 7.79. The molecule has 0 radical (unpaired) electrons. The van der Waals surface area contributed by atoms with Crippen LogP contribution in [-0.2, 0) is 4.79 Å². The molecule has 3 rings (SSSR count). The summed E-state index contributed by atoms with van der Waals surface area (Å²) < 4.78 is 5.05. The van der Waals surface area contributed by atoms with E-state index in [0.717, 1.165) is 19.0 Å². The first-order valence-corrected chi connectivity index (χ1v) is 10.5. The molecule has 1 aromatic heterocycles. The number of piperidine rings is 1. The highest BCUT2D eigenvalue weighted by atomic mass is 16.3. The summed E-state index contributed by atoms with van der Waals surface area (Å²) in [6.07, 6.45) is 4.85. The standard InChI is InChI=1S/C23H31N3O3/c1-18-11-14-26(15-12-18)20(19-7-3-2-4-8-19)17-25-22(27)10-5-13-24-23(28)21-9-6-16-29-21/h2-4,6-9,16,18,20H,5,10-15,17H2,1H3,(H,24,28)(H,25,27). The maximum Gasteiger partial charge on any atom is 0.286 e. The largest absolute Gasteiger partial charge is 0.459 e. The van der Waals surface area contributed by atoms with Crippen molar-refractivity contribution in [2.24, 2.45) is 5.92 Å². The highest BCUT2D eigenvalue weighted by molar-refractivity contribution is 5.91. The van der Waals surface area contributed by atoms with Crippen LogP contribution in [0.25, 0.3) is 0 Å². The molecular formula is C23H31N3O3. The highest BCUT2D eigenvalue weighted by Gasteiger charge is 2.24.